The van der Waals surface area contributed by atoms with E-state index in [1.54, 1.807) is 6.20 Å². The molecule has 1 saturated heterocycles. The second-order valence-corrected chi connectivity index (χ2v) is 5.41. The van der Waals surface area contributed by atoms with Crippen LogP contribution in [0.1, 0.15) is 16.1 Å². The van der Waals surface area contributed by atoms with Crippen molar-refractivity contribution in [2.45, 2.75) is 6.54 Å². The van der Waals surface area contributed by atoms with E-state index in [1.165, 1.54) is 5.56 Å². The maximum Gasteiger partial charge on any atom is 0.205 e. The number of hydrogen-bond donors (Lipinski definition) is 0. The third-order valence-electron chi connectivity index (χ3n) is 4.02. The molecule has 1 aliphatic heterocycles. The molecule has 0 unspecified atom stereocenters. The highest BCUT2D eigenvalue weighted by Gasteiger charge is 2.20. The molecule has 1 aromatic carbocycles. The zero-order chi connectivity index (χ0) is 14.7. The van der Waals surface area contributed by atoms with E-state index in [0.717, 1.165) is 45.0 Å². The number of anilines is 1. The molecule has 0 atom stereocenters. The van der Waals surface area contributed by atoms with Crippen LogP contribution in [0.15, 0.2) is 36.5 Å². The minimum atomic E-state index is 0.622. The number of rotatable bonds is 4. The molecule has 1 fully saturated rings. The van der Waals surface area contributed by atoms with Crippen molar-refractivity contribution >= 4 is 12.2 Å². The van der Waals surface area contributed by atoms with Crippen molar-refractivity contribution in [1.29, 1.82) is 0 Å². The third kappa shape index (κ3) is 2.97. The maximum absolute atomic E-state index is 10.9. The van der Waals surface area contributed by atoms with Gasteiger partial charge in [-0.15, -0.1) is 0 Å². The first-order valence-corrected chi connectivity index (χ1v) is 7.26. The molecule has 5 heteroatoms. The molecule has 0 radical (unpaired) electrons. The Morgan fingerprint density at radius 1 is 1.14 bits per heavy atom. The van der Waals surface area contributed by atoms with Gasteiger partial charge in [-0.25, -0.2) is 4.98 Å². The van der Waals surface area contributed by atoms with Gasteiger partial charge in [0.1, 0.15) is 5.69 Å². The lowest BCUT2D eigenvalue weighted by molar-refractivity contribution is 0.111. The normalized spacial score (nSPS) is 16.1. The van der Waals surface area contributed by atoms with E-state index < -0.39 is 0 Å². The SMILES string of the molecule is Cn1c(C=O)cnc1N1CCN(Cc2ccccc2)CC1. The van der Waals surface area contributed by atoms with Crippen molar-refractivity contribution in [2.75, 3.05) is 31.1 Å². The van der Waals surface area contributed by atoms with E-state index in [2.05, 4.69) is 39.0 Å². The summed E-state index contributed by atoms with van der Waals surface area (Å²) >= 11 is 0. The summed E-state index contributed by atoms with van der Waals surface area (Å²) in [6, 6.07) is 10.6. The molecule has 5 nitrogen and oxygen atoms in total. The first-order chi connectivity index (χ1) is 10.3. The summed E-state index contributed by atoms with van der Waals surface area (Å²) < 4.78 is 1.86. The van der Waals surface area contributed by atoms with E-state index in [-0.39, 0.29) is 0 Å². The van der Waals surface area contributed by atoms with Crippen LogP contribution in [0.25, 0.3) is 0 Å². The predicted molar refractivity (Wildman–Crippen MR) is 82.5 cm³/mol. The number of imidazole rings is 1. The van der Waals surface area contributed by atoms with Crippen LogP contribution >= 0.6 is 0 Å². The van der Waals surface area contributed by atoms with Gasteiger partial charge < -0.3 is 9.47 Å². The van der Waals surface area contributed by atoms with Crippen LogP contribution in [0.5, 0.6) is 0 Å². The zero-order valence-corrected chi connectivity index (χ0v) is 12.3. The molecule has 0 bridgehead atoms. The molecule has 0 amide bonds. The van der Waals surface area contributed by atoms with Gasteiger partial charge in [0.15, 0.2) is 6.29 Å². The van der Waals surface area contributed by atoms with Crippen LogP contribution in [0.2, 0.25) is 0 Å². The number of benzene rings is 1. The van der Waals surface area contributed by atoms with Crippen LogP contribution in [-0.4, -0.2) is 46.9 Å². The Hall–Kier alpha value is -2.14. The number of carbonyl (C=O) groups excluding carboxylic acids is 1. The molecule has 21 heavy (non-hydrogen) atoms. The van der Waals surface area contributed by atoms with E-state index in [1.807, 2.05) is 17.7 Å². The van der Waals surface area contributed by atoms with Crippen LogP contribution in [-0.2, 0) is 13.6 Å². The van der Waals surface area contributed by atoms with Crippen molar-refractivity contribution in [3.05, 3.63) is 47.8 Å². The first kappa shape index (κ1) is 13.8. The second kappa shape index (κ2) is 6.10. The highest BCUT2D eigenvalue weighted by Crippen LogP contribution is 2.16. The molecule has 1 aromatic heterocycles. The van der Waals surface area contributed by atoms with Gasteiger partial charge in [-0.3, -0.25) is 9.69 Å². The van der Waals surface area contributed by atoms with Gasteiger partial charge in [-0.2, -0.15) is 0 Å². The zero-order valence-electron chi connectivity index (χ0n) is 12.3. The highest BCUT2D eigenvalue weighted by atomic mass is 16.1. The third-order valence-corrected chi connectivity index (χ3v) is 4.02. The minimum Gasteiger partial charge on any atom is -0.340 e. The quantitative estimate of drug-likeness (QED) is 0.799. The molecule has 0 saturated carbocycles. The lowest BCUT2D eigenvalue weighted by atomic mass is 10.2. The molecule has 110 valence electrons. The highest BCUT2D eigenvalue weighted by molar-refractivity contribution is 5.73. The van der Waals surface area contributed by atoms with Gasteiger partial charge in [0.25, 0.3) is 0 Å². The number of aldehydes is 1. The average molecular weight is 284 g/mol. The van der Waals surface area contributed by atoms with Crippen molar-refractivity contribution in [1.82, 2.24) is 14.5 Å². The maximum atomic E-state index is 10.9. The Balaban J connectivity index is 1.60. The van der Waals surface area contributed by atoms with Crippen molar-refractivity contribution in [3.63, 3.8) is 0 Å². The fourth-order valence-corrected chi connectivity index (χ4v) is 2.76. The monoisotopic (exact) mass is 284 g/mol. The van der Waals surface area contributed by atoms with Gasteiger partial charge in [0, 0.05) is 39.8 Å². The number of nitrogens with zero attached hydrogens (tertiary/aromatic N) is 4. The van der Waals surface area contributed by atoms with E-state index in [0.29, 0.717) is 5.69 Å². The topological polar surface area (TPSA) is 41.4 Å². The van der Waals surface area contributed by atoms with Crippen molar-refractivity contribution in [3.8, 4) is 0 Å². The Morgan fingerprint density at radius 2 is 1.86 bits per heavy atom. The summed E-state index contributed by atoms with van der Waals surface area (Å²) in [7, 11) is 1.89. The van der Waals surface area contributed by atoms with E-state index in [9.17, 15) is 4.79 Å². The van der Waals surface area contributed by atoms with Crippen LogP contribution in [0.4, 0.5) is 5.95 Å². The largest absolute Gasteiger partial charge is 0.340 e. The Labute approximate surface area is 124 Å². The molecule has 0 spiro atoms. The molecule has 2 heterocycles. The minimum absolute atomic E-state index is 0.622. The lowest BCUT2D eigenvalue weighted by Crippen LogP contribution is -2.46. The smallest absolute Gasteiger partial charge is 0.205 e. The van der Waals surface area contributed by atoms with Gasteiger partial charge in [-0.1, -0.05) is 30.3 Å². The summed E-state index contributed by atoms with van der Waals surface area (Å²) in [5, 5.41) is 0. The van der Waals surface area contributed by atoms with Gasteiger partial charge in [-0.05, 0) is 5.56 Å². The van der Waals surface area contributed by atoms with Crippen molar-refractivity contribution < 1.29 is 4.79 Å². The van der Waals surface area contributed by atoms with Gasteiger partial charge >= 0.3 is 0 Å². The molecular formula is C16H20N4O. The van der Waals surface area contributed by atoms with E-state index >= 15 is 0 Å². The van der Waals surface area contributed by atoms with Crippen LogP contribution in [0, 0.1) is 0 Å². The molecule has 3 rings (SSSR count). The first-order valence-electron chi connectivity index (χ1n) is 7.26. The summed E-state index contributed by atoms with van der Waals surface area (Å²) in [5.74, 6) is 0.886. The number of carbonyl (C=O) groups is 1. The Kier molecular flexibility index (Phi) is 4.01. The summed E-state index contributed by atoms with van der Waals surface area (Å²) in [4.78, 5) is 19.9. The Morgan fingerprint density at radius 3 is 2.48 bits per heavy atom. The van der Waals surface area contributed by atoms with Crippen LogP contribution in [0.3, 0.4) is 0 Å². The standard InChI is InChI=1S/C16H20N4O/c1-18-15(13-21)11-17-16(18)20-9-7-19(8-10-20)12-14-5-3-2-4-6-14/h2-6,11,13H,7-10,12H2,1H3. The summed E-state index contributed by atoms with van der Waals surface area (Å²) in [5.41, 5.74) is 1.97. The lowest BCUT2D eigenvalue weighted by Gasteiger charge is -2.35. The number of aromatic nitrogens is 2. The number of hydrogen-bond acceptors (Lipinski definition) is 4. The van der Waals surface area contributed by atoms with E-state index in [4.69, 9.17) is 0 Å². The Bertz CT molecular complexity index is 600. The van der Waals surface area contributed by atoms with Crippen molar-refractivity contribution in [2.24, 2.45) is 7.05 Å². The molecular weight excluding hydrogens is 264 g/mol. The average Bonchev–Trinajstić information content (AvgIpc) is 2.90. The molecule has 1 aliphatic rings. The van der Waals surface area contributed by atoms with Gasteiger partial charge in [0.05, 0.1) is 6.20 Å². The van der Waals surface area contributed by atoms with Crippen LogP contribution < -0.4 is 4.90 Å². The molecule has 2 aromatic rings. The summed E-state index contributed by atoms with van der Waals surface area (Å²) in [6.45, 7) is 4.90. The molecule has 0 aliphatic carbocycles. The summed E-state index contributed by atoms with van der Waals surface area (Å²) in [6.07, 6.45) is 2.49. The van der Waals surface area contributed by atoms with Gasteiger partial charge in [0.2, 0.25) is 5.95 Å². The molecule has 0 N–H and O–H groups in total. The predicted octanol–water partition coefficient (Wildman–Crippen LogP) is 1.55. The fourth-order valence-electron chi connectivity index (χ4n) is 2.76. The second-order valence-electron chi connectivity index (χ2n) is 5.41. The number of piperazine rings is 1. The fraction of sp³-hybridized carbons (Fsp3) is 0.375.